The number of pyridine rings is 1. The van der Waals surface area contributed by atoms with E-state index >= 15 is 0 Å². The number of aryl methyl sites for hydroxylation is 1. The first-order valence-electron chi connectivity index (χ1n) is 6.66. The lowest BCUT2D eigenvalue weighted by atomic mass is 9.93. The maximum atomic E-state index is 5.82. The molecular formula is C17H17N3. The van der Waals surface area contributed by atoms with Crippen LogP contribution in [0.4, 0.5) is 0 Å². The van der Waals surface area contributed by atoms with Gasteiger partial charge in [0.15, 0.2) is 0 Å². The highest BCUT2D eigenvalue weighted by Crippen LogP contribution is 2.29. The standard InChI is InChI=1S/C17H17N3/c1-12-14(10-5-11-19-12)17(20-18)16-9-4-7-13-6-2-3-8-15(13)16/h2-11,17,20H,18H2,1H3. The summed E-state index contributed by atoms with van der Waals surface area (Å²) in [6, 6.07) is 18.6. The van der Waals surface area contributed by atoms with Gasteiger partial charge in [0, 0.05) is 11.9 Å². The Balaban J connectivity index is 2.20. The topological polar surface area (TPSA) is 50.9 Å². The van der Waals surface area contributed by atoms with Crippen molar-refractivity contribution in [3.63, 3.8) is 0 Å². The first-order valence-corrected chi connectivity index (χ1v) is 6.66. The summed E-state index contributed by atoms with van der Waals surface area (Å²) in [5, 5.41) is 2.42. The smallest absolute Gasteiger partial charge is 0.0733 e. The summed E-state index contributed by atoms with van der Waals surface area (Å²) in [5.41, 5.74) is 6.19. The molecule has 3 nitrogen and oxygen atoms in total. The second-order valence-corrected chi connectivity index (χ2v) is 4.85. The van der Waals surface area contributed by atoms with Crippen LogP contribution in [0.15, 0.2) is 60.8 Å². The Labute approximate surface area is 118 Å². The summed E-state index contributed by atoms with van der Waals surface area (Å²) in [6.07, 6.45) is 1.80. The molecule has 3 N–H and O–H groups in total. The van der Waals surface area contributed by atoms with Crippen LogP contribution >= 0.6 is 0 Å². The number of fused-ring (bicyclic) bond motifs is 1. The van der Waals surface area contributed by atoms with Crippen molar-refractivity contribution >= 4 is 10.8 Å². The Hall–Kier alpha value is -2.23. The third-order valence-corrected chi connectivity index (χ3v) is 3.66. The number of nitrogens with two attached hydrogens (primary N) is 1. The molecule has 0 aliphatic heterocycles. The predicted octanol–water partition coefficient (Wildman–Crippen LogP) is 3.10. The van der Waals surface area contributed by atoms with E-state index < -0.39 is 0 Å². The van der Waals surface area contributed by atoms with E-state index in [1.807, 2.05) is 19.1 Å². The SMILES string of the molecule is Cc1ncccc1C(NN)c1cccc2ccccc12. The van der Waals surface area contributed by atoms with Gasteiger partial charge < -0.3 is 0 Å². The lowest BCUT2D eigenvalue weighted by molar-refractivity contribution is 0.634. The number of hydrogen-bond donors (Lipinski definition) is 2. The molecule has 100 valence electrons. The molecule has 3 aromatic rings. The maximum absolute atomic E-state index is 5.82. The van der Waals surface area contributed by atoms with E-state index in [0.717, 1.165) is 11.3 Å². The van der Waals surface area contributed by atoms with E-state index in [4.69, 9.17) is 5.84 Å². The Morgan fingerprint density at radius 3 is 2.50 bits per heavy atom. The number of nitrogens with one attached hydrogen (secondary N) is 1. The quantitative estimate of drug-likeness (QED) is 0.564. The van der Waals surface area contributed by atoms with E-state index in [1.54, 1.807) is 6.20 Å². The van der Waals surface area contributed by atoms with Gasteiger partial charge in [-0.25, -0.2) is 5.43 Å². The molecule has 2 aromatic carbocycles. The predicted molar refractivity (Wildman–Crippen MR) is 82.1 cm³/mol. The monoisotopic (exact) mass is 263 g/mol. The summed E-state index contributed by atoms with van der Waals surface area (Å²) in [5.74, 6) is 5.82. The molecule has 3 heteroatoms. The van der Waals surface area contributed by atoms with E-state index in [9.17, 15) is 0 Å². The van der Waals surface area contributed by atoms with Crippen molar-refractivity contribution in [2.45, 2.75) is 13.0 Å². The lowest BCUT2D eigenvalue weighted by Gasteiger charge is -2.20. The van der Waals surface area contributed by atoms with Crippen LogP contribution in [0.3, 0.4) is 0 Å². The molecule has 1 aromatic heterocycles. The molecule has 0 radical (unpaired) electrons. The van der Waals surface area contributed by atoms with Crippen LogP contribution in [0.1, 0.15) is 22.9 Å². The highest BCUT2D eigenvalue weighted by atomic mass is 15.2. The normalized spacial score (nSPS) is 12.5. The molecule has 1 heterocycles. The van der Waals surface area contributed by atoms with Crippen molar-refractivity contribution in [3.05, 3.63) is 77.6 Å². The largest absolute Gasteiger partial charge is 0.271 e. The van der Waals surface area contributed by atoms with Crippen molar-refractivity contribution in [3.8, 4) is 0 Å². The minimum Gasteiger partial charge on any atom is -0.271 e. The van der Waals surface area contributed by atoms with Gasteiger partial charge in [0.2, 0.25) is 0 Å². The molecule has 3 rings (SSSR count). The number of aromatic nitrogens is 1. The number of benzene rings is 2. The van der Waals surface area contributed by atoms with Crippen LogP contribution in [0.25, 0.3) is 10.8 Å². The number of hydrogen-bond acceptors (Lipinski definition) is 3. The molecule has 0 amide bonds. The third kappa shape index (κ3) is 2.18. The first kappa shape index (κ1) is 12.8. The summed E-state index contributed by atoms with van der Waals surface area (Å²) in [6.45, 7) is 2.00. The fourth-order valence-corrected chi connectivity index (χ4v) is 2.65. The molecule has 1 unspecified atom stereocenters. The third-order valence-electron chi connectivity index (χ3n) is 3.66. The molecule has 0 aliphatic carbocycles. The zero-order valence-corrected chi connectivity index (χ0v) is 11.4. The maximum Gasteiger partial charge on any atom is 0.0733 e. The molecule has 0 spiro atoms. The van der Waals surface area contributed by atoms with E-state index in [1.165, 1.54) is 16.3 Å². The number of hydrazine groups is 1. The van der Waals surface area contributed by atoms with Gasteiger partial charge in [0.05, 0.1) is 6.04 Å². The highest BCUT2D eigenvalue weighted by Gasteiger charge is 2.17. The van der Waals surface area contributed by atoms with Gasteiger partial charge in [0.1, 0.15) is 0 Å². The highest BCUT2D eigenvalue weighted by molar-refractivity contribution is 5.86. The molecule has 1 atom stereocenters. The van der Waals surface area contributed by atoms with E-state index in [2.05, 4.69) is 52.9 Å². The van der Waals surface area contributed by atoms with Gasteiger partial charge in [0.25, 0.3) is 0 Å². The number of nitrogens with zero attached hydrogens (tertiary/aromatic N) is 1. The van der Waals surface area contributed by atoms with Gasteiger partial charge in [-0.1, -0.05) is 48.5 Å². The average Bonchev–Trinajstić information content (AvgIpc) is 2.50. The molecule has 0 bridgehead atoms. The molecule has 20 heavy (non-hydrogen) atoms. The van der Waals surface area contributed by atoms with E-state index in [0.29, 0.717) is 0 Å². The molecule has 0 saturated carbocycles. The zero-order valence-electron chi connectivity index (χ0n) is 11.4. The minimum absolute atomic E-state index is 0.0604. The van der Waals surface area contributed by atoms with Crippen LogP contribution in [-0.2, 0) is 0 Å². The van der Waals surface area contributed by atoms with Crippen molar-refractivity contribution < 1.29 is 0 Å². The van der Waals surface area contributed by atoms with Crippen molar-refractivity contribution in [1.29, 1.82) is 0 Å². The second-order valence-electron chi connectivity index (χ2n) is 4.85. The Morgan fingerprint density at radius 2 is 1.70 bits per heavy atom. The van der Waals surface area contributed by atoms with Crippen molar-refractivity contribution in [2.24, 2.45) is 5.84 Å². The average molecular weight is 263 g/mol. The minimum atomic E-state index is -0.0604. The van der Waals surface area contributed by atoms with Crippen molar-refractivity contribution in [1.82, 2.24) is 10.4 Å². The van der Waals surface area contributed by atoms with Gasteiger partial charge in [-0.05, 0) is 34.9 Å². The van der Waals surface area contributed by atoms with Crippen LogP contribution < -0.4 is 11.3 Å². The lowest BCUT2D eigenvalue weighted by Crippen LogP contribution is -2.29. The summed E-state index contributed by atoms with van der Waals surface area (Å²) in [7, 11) is 0. The van der Waals surface area contributed by atoms with Crippen LogP contribution in [0.5, 0.6) is 0 Å². The summed E-state index contributed by atoms with van der Waals surface area (Å²) >= 11 is 0. The van der Waals surface area contributed by atoms with Gasteiger partial charge in [-0.15, -0.1) is 0 Å². The van der Waals surface area contributed by atoms with Crippen LogP contribution in [-0.4, -0.2) is 4.98 Å². The van der Waals surface area contributed by atoms with Gasteiger partial charge in [-0.3, -0.25) is 10.8 Å². The molecule has 0 fully saturated rings. The van der Waals surface area contributed by atoms with Crippen molar-refractivity contribution in [2.75, 3.05) is 0 Å². The molecule has 0 saturated heterocycles. The zero-order chi connectivity index (χ0) is 13.9. The van der Waals surface area contributed by atoms with Crippen LogP contribution in [0.2, 0.25) is 0 Å². The fraction of sp³-hybridized carbons (Fsp3) is 0.118. The fourth-order valence-electron chi connectivity index (χ4n) is 2.65. The molecular weight excluding hydrogens is 246 g/mol. The Bertz CT molecular complexity index is 732. The summed E-state index contributed by atoms with van der Waals surface area (Å²) in [4.78, 5) is 4.36. The second kappa shape index (κ2) is 5.41. The van der Waals surface area contributed by atoms with Crippen LogP contribution in [0, 0.1) is 6.92 Å². The first-order chi connectivity index (χ1) is 9.81. The molecule has 0 aliphatic rings. The number of rotatable bonds is 3. The Kier molecular flexibility index (Phi) is 3.46. The summed E-state index contributed by atoms with van der Waals surface area (Å²) < 4.78 is 0. The van der Waals surface area contributed by atoms with Gasteiger partial charge in [-0.2, -0.15) is 0 Å². The Morgan fingerprint density at radius 1 is 0.950 bits per heavy atom. The van der Waals surface area contributed by atoms with E-state index in [-0.39, 0.29) is 6.04 Å². The van der Waals surface area contributed by atoms with Gasteiger partial charge >= 0.3 is 0 Å².